The summed E-state index contributed by atoms with van der Waals surface area (Å²) in [5.74, 6) is -0.624. The van der Waals surface area contributed by atoms with Crippen LogP contribution in [-0.2, 0) is 9.84 Å². The highest BCUT2D eigenvalue weighted by atomic mass is 32.2. The third-order valence-electron chi connectivity index (χ3n) is 3.81. The summed E-state index contributed by atoms with van der Waals surface area (Å²) in [7, 11) is -3.08. The number of sulfone groups is 1. The molecule has 0 aromatic heterocycles. The Morgan fingerprint density at radius 1 is 1.33 bits per heavy atom. The molecular weight excluding hydrogens is 295 g/mol. The molecule has 1 aromatic carbocycles. The maximum atomic E-state index is 13.7. The lowest BCUT2D eigenvalue weighted by Crippen LogP contribution is -2.33. The minimum Gasteiger partial charge on any atom is -0.490 e. The second kappa shape index (κ2) is 6.13. The molecule has 1 aliphatic rings. The van der Waals surface area contributed by atoms with Crippen molar-refractivity contribution >= 4 is 15.6 Å². The van der Waals surface area contributed by atoms with E-state index in [1.54, 1.807) is 6.07 Å². The van der Waals surface area contributed by atoms with Gasteiger partial charge in [0.2, 0.25) is 0 Å². The van der Waals surface area contributed by atoms with Crippen LogP contribution in [0, 0.1) is 5.82 Å². The van der Waals surface area contributed by atoms with Gasteiger partial charge in [0.1, 0.15) is 21.4 Å². The van der Waals surface area contributed by atoms with Gasteiger partial charge in [-0.05, 0) is 38.3 Å². The second-order valence-corrected chi connectivity index (χ2v) is 7.88. The van der Waals surface area contributed by atoms with Crippen molar-refractivity contribution in [1.29, 1.82) is 0 Å². The highest BCUT2D eigenvalue weighted by Gasteiger charge is 2.30. The van der Waals surface area contributed by atoms with Crippen molar-refractivity contribution in [3.8, 4) is 5.75 Å². The molecule has 6 heteroatoms. The highest BCUT2D eigenvalue weighted by Crippen LogP contribution is 2.28. The molecule has 1 fully saturated rings. The van der Waals surface area contributed by atoms with Gasteiger partial charge in [0.25, 0.3) is 0 Å². The summed E-state index contributed by atoms with van der Waals surface area (Å²) in [6, 6.07) is 4.12. The predicted molar refractivity (Wildman–Crippen MR) is 77.9 cm³/mol. The summed E-state index contributed by atoms with van der Waals surface area (Å²) < 4.78 is 42.6. The fourth-order valence-corrected chi connectivity index (χ4v) is 3.80. The molecule has 0 bridgehead atoms. The number of ether oxygens (including phenoxy) is 1. The first-order valence-corrected chi connectivity index (χ1v) is 8.89. The third kappa shape index (κ3) is 4.03. The first-order valence-electron chi connectivity index (χ1n) is 6.93. The van der Waals surface area contributed by atoms with Gasteiger partial charge in [0, 0.05) is 18.7 Å². The molecule has 2 atom stereocenters. The Hall–Kier alpha value is -1.43. The van der Waals surface area contributed by atoms with Crippen LogP contribution >= 0.6 is 0 Å². The normalized spacial score (nSPS) is 22.8. The lowest BCUT2D eigenvalue weighted by atomic mass is 9.97. The van der Waals surface area contributed by atoms with Crippen molar-refractivity contribution < 1.29 is 22.3 Å². The molecule has 0 spiro atoms. The minimum atomic E-state index is -3.08. The van der Waals surface area contributed by atoms with Crippen LogP contribution < -0.4 is 4.74 Å². The van der Waals surface area contributed by atoms with E-state index in [2.05, 4.69) is 0 Å². The van der Waals surface area contributed by atoms with Gasteiger partial charge in [-0.15, -0.1) is 0 Å². The van der Waals surface area contributed by atoms with E-state index in [4.69, 9.17) is 4.74 Å². The smallest absolute Gasteiger partial charge is 0.162 e. The van der Waals surface area contributed by atoms with Crippen molar-refractivity contribution in [3.63, 3.8) is 0 Å². The Labute approximate surface area is 124 Å². The van der Waals surface area contributed by atoms with Crippen LogP contribution in [0.1, 0.15) is 43.0 Å². The van der Waals surface area contributed by atoms with Gasteiger partial charge in [-0.3, -0.25) is 4.79 Å². The summed E-state index contributed by atoms with van der Waals surface area (Å²) in [6.45, 7) is 1.30. The van der Waals surface area contributed by atoms with Gasteiger partial charge in [-0.25, -0.2) is 12.8 Å². The van der Waals surface area contributed by atoms with Gasteiger partial charge in [0.05, 0.1) is 16.9 Å². The molecule has 0 heterocycles. The average Bonchev–Trinajstić information content (AvgIpc) is 2.37. The van der Waals surface area contributed by atoms with Crippen LogP contribution in [0.3, 0.4) is 0 Å². The van der Waals surface area contributed by atoms with E-state index in [9.17, 15) is 17.6 Å². The quantitative estimate of drug-likeness (QED) is 0.802. The monoisotopic (exact) mass is 314 g/mol. The van der Waals surface area contributed by atoms with Crippen LogP contribution in [-0.4, -0.2) is 31.8 Å². The average molecular weight is 314 g/mol. The Morgan fingerprint density at radius 2 is 2.05 bits per heavy atom. The number of carbonyl (C=O) groups is 1. The summed E-state index contributed by atoms with van der Waals surface area (Å²) in [5.41, 5.74) is 0.0278. The molecule has 4 nitrogen and oxygen atoms in total. The Kier molecular flexibility index (Phi) is 4.66. The van der Waals surface area contributed by atoms with E-state index >= 15 is 0 Å². The molecule has 0 radical (unpaired) electrons. The lowest BCUT2D eigenvalue weighted by Gasteiger charge is -2.28. The van der Waals surface area contributed by atoms with Crippen molar-refractivity contribution in [1.82, 2.24) is 0 Å². The van der Waals surface area contributed by atoms with Crippen LogP contribution in [0.2, 0.25) is 0 Å². The largest absolute Gasteiger partial charge is 0.490 e. The van der Waals surface area contributed by atoms with E-state index in [0.29, 0.717) is 18.6 Å². The number of halogens is 1. The summed E-state index contributed by atoms with van der Waals surface area (Å²) in [5, 5.41) is -0.391. The summed E-state index contributed by atoms with van der Waals surface area (Å²) in [6.07, 6.45) is 3.60. The summed E-state index contributed by atoms with van der Waals surface area (Å²) in [4.78, 5) is 11.2. The number of carbonyl (C=O) groups excluding carboxylic acids is 1. The molecule has 0 saturated heterocycles. The van der Waals surface area contributed by atoms with Gasteiger partial charge >= 0.3 is 0 Å². The molecule has 2 unspecified atom stereocenters. The predicted octanol–water partition coefficient (Wildman–Crippen LogP) is 2.76. The number of ketones is 1. The number of benzene rings is 1. The van der Waals surface area contributed by atoms with Crippen molar-refractivity contribution in [2.24, 2.45) is 0 Å². The van der Waals surface area contributed by atoms with Crippen molar-refractivity contribution in [3.05, 3.63) is 29.6 Å². The molecule has 1 aromatic rings. The molecule has 2 rings (SSSR count). The minimum absolute atomic E-state index is 0.0278. The van der Waals surface area contributed by atoms with Crippen LogP contribution in [0.5, 0.6) is 5.75 Å². The number of hydrogen-bond donors (Lipinski definition) is 0. The second-order valence-electron chi connectivity index (χ2n) is 5.56. The zero-order chi connectivity index (χ0) is 15.6. The molecular formula is C15H19FO4S. The third-order valence-corrected chi connectivity index (χ3v) is 5.45. The lowest BCUT2D eigenvalue weighted by molar-refractivity contribution is 0.101. The molecule has 0 amide bonds. The molecule has 1 saturated carbocycles. The van der Waals surface area contributed by atoms with Gasteiger partial charge in [-0.1, -0.05) is 0 Å². The van der Waals surface area contributed by atoms with Crippen LogP contribution in [0.15, 0.2) is 18.2 Å². The Bertz CT molecular complexity index is 639. The van der Waals surface area contributed by atoms with Gasteiger partial charge in [0.15, 0.2) is 5.78 Å². The van der Waals surface area contributed by atoms with E-state index in [-0.39, 0.29) is 17.5 Å². The van der Waals surface area contributed by atoms with Crippen molar-refractivity contribution in [2.45, 2.75) is 44.0 Å². The SMILES string of the molecule is CC(=O)c1ccc(OC2CCCC(S(C)(=O)=O)C2)cc1F. The summed E-state index contributed by atoms with van der Waals surface area (Å²) >= 11 is 0. The topological polar surface area (TPSA) is 60.4 Å². The van der Waals surface area contributed by atoms with E-state index in [1.165, 1.54) is 25.3 Å². The highest BCUT2D eigenvalue weighted by molar-refractivity contribution is 7.91. The Morgan fingerprint density at radius 3 is 2.62 bits per heavy atom. The fraction of sp³-hybridized carbons (Fsp3) is 0.533. The molecule has 0 N–H and O–H groups in total. The fourth-order valence-electron chi connectivity index (χ4n) is 2.65. The molecule has 0 aliphatic heterocycles. The maximum Gasteiger partial charge on any atom is 0.162 e. The number of rotatable bonds is 4. The van der Waals surface area contributed by atoms with Gasteiger partial charge in [-0.2, -0.15) is 0 Å². The number of Topliss-reactive ketones (excluding diaryl/α,β-unsaturated/α-hetero) is 1. The van der Waals surface area contributed by atoms with Gasteiger partial charge < -0.3 is 4.74 Å². The Balaban J connectivity index is 2.08. The first kappa shape index (κ1) is 15.9. The zero-order valence-corrected chi connectivity index (χ0v) is 13.0. The maximum absolute atomic E-state index is 13.7. The standard InChI is InChI=1S/C15H19FO4S/c1-10(17)14-7-6-12(9-15(14)16)20-11-4-3-5-13(8-11)21(2,18)19/h6-7,9,11,13H,3-5,8H2,1-2H3. The van der Waals surface area contributed by atoms with E-state index in [0.717, 1.165) is 12.8 Å². The van der Waals surface area contributed by atoms with E-state index < -0.39 is 20.9 Å². The van der Waals surface area contributed by atoms with Crippen molar-refractivity contribution in [2.75, 3.05) is 6.26 Å². The zero-order valence-electron chi connectivity index (χ0n) is 12.1. The van der Waals surface area contributed by atoms with Crippen LogP contribution in [0.4, 0.5) is 4.39 Å². The molecule has 1 aliphatic carbocycles. The molecule has 116 valence electrons. The molecule has 21 heavy (non-hydrogen) atoms. The van der Waals surface area contributed by atoms with Crippen LogP contribution in [0.25, 0.3) is 0 Å². The van der Waals surface area contributed by atoms with E-state index in [1.807, 2.05) is 0 Å². The first-order chi connectivity index (χ1) is 9.77. The number of hydrogen-bond acceptors (Lipinski definition) is 4.